The summed E-state index contributed by atoms with van der Waals surface area (Å²) >= 11 is 0. The number of benzene rings is 1. The number of nitrogens with zero attached hydrogens (tertiary/aromatic N) is 4. The van der Waals surface area contributed by atoms with Gasteiger partial charge >= 0.3 is 5.69 Å². The Kier molecular flexibility index (Phi) is 8.31. The third-order valence-electron chi connectivity index (χ3n) is 6.33. The van der Waals surface area contributed by atoms with Crippen molar-refractivity contribution in [3.8, 4) is 0 Å². The predicted octanol–water partition coefficient (Wildman–Crippen LogP) is 3.12. The number of piperidine rings is 1. The van der Waals surface area contributed by atoms with Gasteiger partial charge in [-0.3, -0.25) is 29.3 Å². The molecule has 2 aromatic rings. The van der Waals surface area contributed by atoms with Crippen LogP contribution < -0.4 is 26.8 Å². The van der Waals surface area contributed by atoms with Crippen LogP contribution >= 0.6 is 0 Å². The molecule has 0 radical (unpaired) electrons. The quantitative estimate of drug-likeness (QED) is 0.409. The van der Waals surface area contributed by atoms with Crippen molar-refractivity contribution in [1.29, 1.82) is 0 Å². The highest BCUT2D eigenvalue weighted by Gasteiger charge is 2.29. The molecule has 190 valence electrons. The fraction of sp³-hybridized carbons (Fsp3) is 0.542. The number of unbranched alkanes of at least 4 members (excludes halogenated alkanes) is 1. The van der Waals surface area contributed by atoms with Crippen molar-refractivity contribution in [3.63, 3.8) is 0 Å². The number of H-pyrrole nitrogens is 1. The van der Waals surface area contributed by atoms with Crippen molar-refractivity contribution in [2.75, 3.05) is 35.2 Å². The van der Waals surface area contributed by atoms with Gasteiger partial charge in [-0.15, -0.1) is 0 Å². The lowest BCUT2D eigenvalue weighted by atomic mass is 9.99. The largest absolute Gasteiger partial charge is 0.383 e. The molecule has 1 atom stereocenters. The van der Waals surface area contributed by atoms with E-state index in [2.05, 4.69) is 11.9 Å². The lowest BCUT2D eigenvalue weighted by Crippen LogP contribution is -2.41. The number of nitrogens with one attached hydrogen (secondary N) is 1. The average molecular weight is 487 g/mol. The van der Waals surface area contributed by atoms with Gasteiger partial charge in [0.1, 0.15) is 11.5 Å². The summed E-state index contributed by atoms with van der Waals surface area (Å²) in [5.74, 6) is -0.264. The Morgan fingerprint density at radius 2 is 2.03 bits per heavy atom. The topological polar surface area (TPSA) is 148 Å². The first kappa shape index (κ1) is 26.0. The zero-order valence-electron chi connectivity index (χ0n) is 20.6. The number of carbonyl (C=O) groups is 1. The maximum absolute atomic E-state index is 13.6. The molecular formula is C24H34N6O5. The molecule has 1 amide bonds. The summed E-state index contributed by atoms with van der Waals surface area (Å²) in [6, 6.07) is 4.42. The number of hydrogen-bond acceptors (Lipinski definition) is 7. The van der Waals surface area contributed by atoms with E-state index in [-0.39, 0.29) is 35.8 Å². The number of aromatic amines is 1. The fourth-order valence-corrected chi connectivity index (χ4v) is 4.55. The van der Waals surface area contributed by atoms with E-state index in [1.807, 2.05) is 18.7 Å². The molecule has 0 aliphatic carbocycles. The van der Waals surface area contributed by atoms with Crippen LogP contribution in [0.4, 0.5) is 22.9 Å². The molecule has 0 saturated carbocycles. The highest BCUT2D eigenvalue weighted by molar-refractivity contribution is 6.08. The van der Waals surface area contributed by atoms with Crippen LogP contribution in [0.2, 0.25) is 0 Å². The second-order valence-corrected chi connectivity index (χ2v) is 9.11. The van der Waals surface area contributed by atoms with E-state index in [0.717, 1.165) is 19.3 Å². The number of nitrogen functional groups attached to an aromatic ring is 1. The Morgan fingerprint density at radius 1 is 1.29 bits per heavy atom. The molecule has 0 spiro atoms. The number of nitro groups is 1. The van der Waals surface area contributed by atoms with Gasteiger partial charge in [-0.1, -0.05) is 27.2 Å². The lowest BCUT2D eigenvalue weighted by molar-refractivity contribution is -0.384. The van der Waals surface area contributed by atoms with Gasteiger partial charge in [0.2, 0.25) is 0 Å². The van der Waals surface area contributed by atoms with Crippen LogP contribution in [-0.4, -0.2) is 40.0 Å². The molecule has 1 unspecified atom stereocenters. The van der Waals surface area contributed by atoms with Crippen LogP contribution in [0.25, 0.3) is 0 Å². The highest BCUT2D eigenvalue weighted by atomic mass is 16.6. The summed E-state index contributed by atoms with van der Waals surface area (Å²) in [5, 5.41) is 11.9. The summed E-state index contributed by atoms with van der Waals surface area (Å²) in [5.41, 5.74) is 5.08. The zero-order valence-corrected chi connectivity index (χ0v) is 20.6. The third kappa shape index (κ3) is 5.55. The normalized spacial score (nSPS) is 15.7. The molecule has 11 nitrogen and oxygen atoms in total. The molecule has 1 aliphatic heterocycles. The standard InChI is InChI=1S/C24H34N6O5/c1-4-6-13-28(20-21(25)29(11-5-2)24(33)26-22(20)31)23(32)17-9-10-18(19(14-17)30(34)35)27-12-7-8-16(3)15-27/h9-10,14,16H,4-8,11-13,15,25H2,1-3H3,(H,26,31,33). The third-order valence-corrected chi connectivity index (χ3v) is 6.33. The molecule has 1 aromatic carbocycles. The Morgan fingerprint density at radius 3 is 2.66 bits per heavy atom. The van der Waals surface area contributed by atoms with E-state index < -0.39 is 22.1 Å². The molecule has 1 aliphatic rings. The molecule has 35 heavy (non-hydrogen) atoms. The molecule has 0 bridgehead atoms. The van der Waals surface area contributed by atoms with Crippen molar-refractivity contribution in [2.45, 2.75) is 59.4 Å². The number of anilines is 3. The minimum absolute atomic E-state index is 0.0775. The number of amides is 1. The van der Waals surface area contributed by atoms with Gasteiger partial charge in [0.05, 0.1) is 4.92 Å². The molecule has 2 heterocycles. The minimum atomic E-state index is -0.766. The molecule has 3 N–H and O–H groups in total. The zero-order chi connectivity index (χ0) is 25.7. The van der Waals surface area contributed by atoms with Gasteiger partial charge in [0.15, 0.2) is 5.69 Å². The van der Waals surface area contributed by atoms with Gasteiger partial charge < -0.3 is 15.5 Å². The summed E-state index contributed by atoms with van der Waals surface area (Å²) in [6.45, 7) is 7.79. The van der Waals surface area contributed by atoms with Crippen LogP contribution in [0, 0.1) is 16.0 Å². The number of nitrogens with two attached hydrogens (primary N) is 1. The Balaban J connectivity index is 2.08. The van der Waals surface area contributed by atoms with E-state index in [0.29, 0.717) is 37.5 Å². The predicted molar refractivity (Wildman–Crippen MR) is 136 cm³/mol. The van der Waals surface area contributed by atoms with Gasteiger partial charge in [-0.2, -0.15) is 0 Å². The fourth-order valence-electron chi connectivity index (χ4n) is 4.55. The Bertz CT molecular complexity index is 1200. The second-order valence-electron chi connectivity index (χ2n) is 9.11. The minimum Gasteiger partial charge on any atom is -0.383 e. The Hall–Kier alpha value is -3.63. The first-order valence-electron chi connectivity index (χ1n) is 12.2. The van der Waals surface area contributed by atoms with E-state index in [1.54, 1.807) is 12.1 Å². The second kappa shape index (κ2) is 11.2. The number of nitro benzene ring substituents is 1. The lowest BCUT2D eigenvalue weighted by Gasteiger charge is -2.32. The van der Waals surface area contributed by atoms with Crippen LogP contribution in [0.5, 0.6) is 0 Å². The van der Waals surface area contributed by atoms with Crippen molar-refractivity contribution in [3.05, 3.63) is 54.7 Å². The van der Waals surface area contributed by atoms with E-state index in [1.165, 1.54) is 15.5 Å². The van der Waals surface area contributed by atoms with Crippen molar-refractivity contribution in [1.82, 2.24) is 9.55 Å². The van der Waals surface area contributed by atoms with Crippen LogP contribution in [0.15, 0.2) is 27.8 Å². The number of rotatable bonds is 9. The summed E-state index contributed by atoms with van der Waals surface area (Å²) in [7, 11) is 0. The monoisotopic (exact) mass is 486 g/mol. The van der Waals surface area contributed by atoms with Crippen LogP contribution in [0.3, 0.4) is 0 Å². The molecule has 3 rings (SSSR count). The maximum Gasteiger partial charge on any atom is 0.330 e. The summed E-state index contributed by atoms with van der Waals surface area (Å²) < 4.78 is 1.23. The smallest absolute Gasteiger partial charge is 0.330 e. The molecular weight excluding hydrogens is 452 g/mol. The molecule has 11 heteroatoms. The van der Waals surface area contributed by atoms with E-state index >= 15 is 0 Å². The number of aromatic nitrogens is 2. The SMILES string of the molecule is CCCCN(C(=O)c1ccc(N2CCCC(C)C2)c([N+](=O)[O-])c1)c1c(N)n(CCC)c(=O)[nH]c1=O. The number of carbonyl (C=O) groups excluding carboxylic acids is 1. The van der Waals surface area contributed by atoms with E-state index in [9.17, 15) is 24.5 Å². The van der Waals surface area contributed by atoms with Gasteiger partial charge in [0, 0.05) is 37.8 Å². The first-order valence-corrected chi connectivity index (χ1v) is 12.2. The number of hydrogen-bond donors (Lipinski definition) is 2. The van der Waals surface area contributed by atoms with E-state index in [4.69, 9.17) is 5.73 Å². The summed E-state index contributed by atoms with van der Waals surface area (Å²) in [4.78, 5) is 55.6. The van der Waals surface area contributed by atoms with Crippen molar-refractivity contribution >= 4 is 28.8 Å². The Labute approximate surface area is 203 Å². The van der Waals surface area contributed by atoms with Gasteiger partial charge in [-0.25, -0.2) is 4.79 Å². The molecule has 1 fully saturated rings. The first-order chi connectivity index (χ1) is 16.7. The van der Waals surface area contributed by atoms with Crippen molar-refractivity contribution < 1.29 is 9.72 Å². The average Bonchev–Trinajstić information content (AvgIpc) is 2.82. The molecule has 1 aromatic heterocycles. The van der Waals surface area contributed by atoms with Crippen LogP contribution in [0.1, 0.15) is 63.2 Å². The van der Waals surface area contributed by atoms with Gasteiger partial charge in [-0.05, 0) is 43.7 Å². The highest BCUT2D eigenvalue weighted by Crippen LogP contribution is 2.33. The maximum atomic E-state index is 13.6. The van der Waals surface area contributed by atoms with Crippen molar-refractivity contribution in [2.24, 2.45) is 5.92 Å². The summed E-state index contributed by atoms with van der Waals surface area (Å²) in [6.07, 6.45) is 3.93. The van der Waals surface area contributed by atoms with Gasteiger partial charge in [0.25, 0.3) is 17.2 Å². The molecule has 1 saturated heterocycles. The van der Waals surface area contributed by atoms with Crippen LogP contribution in [-0.2, 0) is 6.54 Å².